The average molecular weight is 363 g/mol. The van der Waals surface area contributed by atoms with Crippen LogP contribution in [0.5, 0.6) is 0 Å². The molecule has 1 aliphatic heterocycles. The number of hydrogen-bond acceptors (Lipinski definition) is 4. The van der Waals surface area contributed by atoms with Crippen LogP contribution >= 0.6 is 0 Å². The monoisotopic (exact) mass is 362 g/mol. The molecule has 6 heteroatoms. The molecule has 1 aliphatic rings. The first kappa shape index (κ1) is 20.7. The van der Waals surface area contributed by atoms with Gasteiger partial charge in [0.2, 0.25) is 0 Å². The van der Waals surface area contributed by atoms with Crippen molar-refractivity contribution < 1.29 is 9.47 Å². The molecular formula is C20H34N4O2. The number of morpholine rings is 1. The van der Waals surface area contributed by atoms with Gasteiger partial charge in [-0.1, -0.05) is 38.1 Å². The zero-order valence-corrected chi connectivity index (χ0v) is 16.6. The lowest BCUT2D eigenvalue weighted by molar-refractivity contribution is -0.0284. The first-order valence-electron chi connectivity index (χ1n) is 9.46. The Hall–Kier alpha value is -1.63. The molecule has 1 aromatic rings. The Bertz CT molecular complexity index is 562. The third-order valence-electron chi connectivity index (χ3n) is 4.43. The van der Waals surface area contributed by atoms with Crippen LogP contribution in [0.1, 0.15) is 25.0 Å². The fourth-order valence-electron chi connectivity index (χ4n) is 3.22. The van der Waals surface area contributed by atoms with Crippen molar-refractivity contribution in [3.05, 3.63) is 35.4 Å². The van der Waals surface area contributed by atoms with Crippen LogP contribution in [-0.2, 0) is 22.6 Å². The maximum atomic E-state index is 5.90. The van der Waals surface area contributed by atoms with Crippen LogP contribution in [0.15, 0.2) is 29.3 Å². The highest BCUT2D eigenvalue weighted by molar-refractivity contribution is 5.79. The van der Waals surface area contributed by atoms with Gasteiger partial charge in [0.05, 0.1) is 19.3 Å². The molecule has 0 aromatic heterocycles. The summed E-state index contributed by atoms with van der Waals surface area (Å²) in [6.45, 7) is 10.5. The normalized spacial score (nSPS) is 19.0. The molecule has 1 aromatic carbocycles. The number of hydrogen-bond donors (Lipinski definition) is 2. The topological polar surface area (TPSA) is 58.1 Å². The fraction of sp³-hybridized carbons (Fsp3) is 0.650. The Labute approximate surface area is 158 Å². The molecular weight excluding hydrogens is 328 g/mol. The summed E-state index contributed by atoms with van der Waals surface area (Å²) < 4.78 is 11.2. The maximum Gasteiger partial charge on any atom is 0.191 e. The van der Waals surface area contributed by atoms with Crippen molar-refractivity contribution in [1.29, 1.82) is 0 Å². The number of ether oxygens (including phenoxy) is 2. The summed E-state index contributed by atoms with van der Waals surface area (Å²) in [7, 11) is 3.51. The minimum Gasteiger partial charge on any atom is -0.380 e. The molecule has 0 spiro atoms. The van der Waals surface area contributed by atoms with Crippen molar-refractivity contribution in [1.82, 2.24) is 15.5 Å². The van der Waals surface area contributed by atoms with Crippen LogP contribution in [0.3, 0.4) is 0 Å². The summed E-state index contributed by atoms with van der Waals surface area (Å²) in [5.74, 6) is 1.48. The Kier molecular flexibility index (Phi) is 8.88. The summed E-state index contributed by atoms with van der Waals surface area (Å²) in [6, 6.07) is 8.29. The van der Waals surface area contributed by atoms with Gasteiger partial charge in [-0.2, -0.15) is 0 Å². The van der Waals surface area contributed by atoms with Crippen LogP contribution in [0.4, 0.5) is 0 Å². The molecule has 2 rings (SSSR count). The highest BCUT2D eigenvalue weighted by Crippen LogP contribution is 2.10. The van der Waals surface area contributed by atoms with Crippen molar-refractivity contribution in [2.75, 3.05) is 46.9 Å². The van der Waals surface area contributed by atoms with Crippen LogP contribution in [-0.4, -0.2) is 63.9 Å². The molecule has 0 aliphatic carbocycles. The number of guanidine groups is 1. The van der Waals surface area contributed by atoms with E-state index in [1.54, 1.807) is 14.2 Å². The van der Waals surface area contributed by atoms with Gasteiger partial charge in [-0.05, 0) is 17.0 Å². The third-order valence-corrected chi connectivity index (χ3v) is 4.43. The first-order valence-corrected chi connectivity index (χ1v) is 9.46. The van der Waals surface area contributed by atoms with E-state index < -0.39 is 0 Å². The van der Waals surface area contributed by atoms with Gasteiger partial charge < -0.3 is 20.1 Å². The summed E-state index contributed by atoms with van der Waals surface area (Å²) in [4.78, 5) is 6.81. The molecule has 1 atom stereocenters. The second-order valence-corrected chi connectivity index (χ2v) is 7.15. The maximum absolute atomic E-state index is 5.90. The van der Waals surface area contributed by atoms with Crippen LogP contribution < -0.4 is 10.6 Å². The third kappa shape index (κ3) is 6.94. The summed E-state index contributed by atoms with van der Waals surface area (Å²) in [5, 5.41) is 6.77. The smallest absolute Gasteiger partial charge is 0.191 e. The molecule has 0 saturated carbocycles. The van der Waals surface area contributed by atoms with Crippen LogP contribution in [0.25, 0.3) is 0 Å². The summed E-state index contributed by atoms with van der Waals surface area (Å²) in [6.07, 6.45) is 0.196. The number of rotatable bonds is 8. The van der Waals surface area contributed by atoms with Crippen molar-refractivity contribution in [3.8, 4) is 0 Å². The predicted octanol–water partition coefficient (Wildman–Crippen LogP) is 1.85. The van der Waals surface area contributed by atoms with E-state index in [1.165, 1.54) is 11.1 Å². The zero-order chi connectivity index (χ0) is 18.8. The number of methoxy groups -OCH3 is 1. The molecule has 146 valence electrons. The van der Waals surface area contributed by atoms with Gasteiger partial charge in [0.25, 0.3) is 0 Å². The van der Waals surface area contributed by atoms with E-state index in [9.17, 15) is 0 Å². The van der Waals surface area contributed by atoms with E-state index in [-0.39, 0.29) is 6.10 Å². The van der Waals surface area contributed by atoms with Gasteiger partial charge in [-0.15, -0.1) is 0 Å². The lowest BCUT2D eigenvalue weighted by atomic mass is 10.1. The van der Waals surface area contributed by atoms with Crippen molar-refractivity contribution >= 4 is 5.96 Å². The van der Waals surface area contributed by atoms with E-state index >= 15 is 0 Å². The fourth-order valence-corrected chi connectivity index (χ4v) is 3.22. The SMILES string of the molecule is CN=C(NCc1ccccc1COC)NCC1CN(CC(C)C)CCO1. The minimum absolute atomic E-state index is 0.196. The largest absolute Gasteiger partial charge is 0.380 e. The van der Waals surface area contributed by atoms with Gasteiger partial charge in [-0.3, -0.25) is 9.89 Å². The quantitative estimate of drug-likeness (QED) is 0.546. The molecule has 26 heavy (non-hydrogen) atoms. The molecule has 2 N–H and O–H groups in total. The minimum atomic E-state index is 0.196. The van der Waals surface area contributed by atoms with E-state index in [2.05, 4.69) is 46.5 Å². The van der Waals surface area contributed by atoms with E-state index in [0.29, 0.717) is 19.1 Å². The molecule has 6 nitrogen and oxygen atoms in total. The van der Waals surface area contributed by atoms with E-state index in [4.69, 9.17) is 9.47 Å². The molecule has 1 unspecified atom stereocenters. The predicted molar refractivity (Wildman–Crippen MR) is 106 cm³/mol. The zero-order valence-electron chi connectivity index (χ0n) is 16.6. The Balaban J connectivity index is 1.79. The first-order chi connectivity index (χ1) is 12.6. The molecule has 1 fully saturated rings. The molecule has 1 heterocycles. The van der Waals surface area contributed by atoms with Crippen molar-refractivity contribution in [3.63, 3.8) is 0 Å². The average Bonchev–Trinajstić information content (AvgIpc) is 2.63. The Morgan fingerprint density at radius 3 is 2.77 bits per heavy atom. The highest BCUT2D eigenvalue weighted by atomic mass is 16.5. The van der Waals surface area contributed by atoms with E-state index in [0.717, 1.165) is 38.7 Å². The van der Waals surface area contributed by atoms with Gasteiger partial charge in [-0.25, -0.2) is 0 Å². The number of nitrogens with zero attached hydrogens (tertiary/aromatic N) is 2. The number of benzene rings is 1. The van der Waals surface area contributed by atoms with Gasteiger partial charge >= 0.3 is 0 Å². The second kappa shape index (κ2) is 11.2. The van der Waals surface area contributed by atoms with Crippen molar-refractivity contribution in [2.45, 2.75) is 33.1 Å². The molecule has 0 amide bonds. The second-order valence-electron chi connectivity index (χ2n) is 7.15. The lowest BCUT2D eigenvalue weighted by Gasteiger charge is -2.34. The number of nitrogens with one attached hydrogen (secondary N) is 2. The van der Waals surface area contributed by atoms with Gasteiger partial charge in [0.1, 0.15) is 0 Å². The summed E-state index contributed by atoms with van der Waals surface area (Å²) >= 11 is 0. The highest BCUT2D eigenvalue weighted by Gasteiger charge is 2.21. The van der Waals surface area contributed by atoms with Gasteiger partial charge in [0.15, 0.2) is 5.96 Å². The molecule has 1 saturated heterocycles. The standard InChI is InChI=1S/C20H34N4O2/c1-16(2)13-24-9-10-26-19(14-24)12-23-20(21-3)22-11-17-7-5-6-8-18(17)15-25-4/h5-8,16,19H,9-15H2,1-4H3,(H2,21,22,23). The molecule has 0 bridgehead atoms. The van der Waals surface area contributed by atoms with Gasteiger partial charge in [0, 0.05) is 46.9 Å². The number of aliphatic imine (C=N–C) groups is 1. The summed E-state index contributed by atoms with van der Waals surface area (Å²) in [5.41, 5.74) is 2.41. The van der Waals surface area contributed by atoms with Crippen LogP contribution in [0, 0.1) is 5.92 Å². The van der Waals surface area contributed by atoms with E-state index in [1.807, 2.05) is 12.1 Å². The van der Waals surface area contributed by atoms with Crippen LogP contribution in [0.2, 0.25) is 0 Å². The van der Waals surface area contributed by atoms with Crippen molar-refractivity contribution in [2.24, 2.45) is 10.9 Å². The molecule has 0 radical (unpaired) electrons. The lowest BCUT2D eigenvalue weighted by Crippen LogP contribution is -2.50. The Morgan fingerprint density at radius 2 is 2.08 bits per heavy atom. The Morgan fingerprint density at radius 1 is 1.31 bits per heavy atom.